The number of nitrogens with one attached hydrogen (secondary N) is 1. The van der Waals surface area contributed by atoms with Crippen molar-refractivity contribution >= 4 is 0 Å². The van der Waals surface area contributed by atoms with Gasteiger partial charge in [-0.25, -0.2) is 0 Å². The molecule has 18 heavy (non-hydrogen) atoms. The van der Waals surface area contributed by atoms with Crippen LogP contribution in [0.4, 0.5) is 0 Å². The van der Waals surface area contributed by atoms with Gasteiger partial charge in [0.25, 0.3) is 5.56 Å². The second-order valence-electron chi connectivity index (χ2n) is 7.12. The number of hydrogen-bond acceptors (Lipinski definition) is 1. The minimum atomic E-state index is -0.0972. The molecule has 0 bridgehead atoms. The summed E-state index contributed by atoms with van der Waals surface area (Å²) in [7, 11) is 0. The smallest absolute Gasteiger partial charge is 0.270 e. The zero-order valence-corrected chi connectivity index (χ0v) is 12.9. The van der Waals surface area contributed by atoms with Crippen molar-refractivity contribution in [2.75, 3.05) is 0 Å². The Morgan fingerprint density at radius 3 is 2.06 bits per heavy atom. The fraction of sp³-hybridized carbons (Fsp3) is 0.800. The van der Waals surface area contributed by atoms with Gasteiger partial charge in [0.05, 0.1) is 0 Å². The van der Waals surface area contributed by atoms with Gasteiger partial charge in [-0.15, -0.1) is 0 Å². The molecule has 0 unspecified atom stereocenters. The third-order valence-corrected chi connectivity index (χ3v) is 2.94. The summed E-state index contributed by atoms with van der Waals surface area (Å²) >= 11 is 0. The van der Waals surface area contributed by atoms with E-state index in [1.807, 2.05) is 0 Å². The van der Waals surface area contributed by atoms with Crippen LogP contribution in [0.1, 0.15) is 59.7 Å². The maximum Gasteiger partial charge on any atom is 0.270 e. The van der Waals surface area contributed by atoms with Crippen LogP contribution in [0.2, 0.25) is 0 Å². The zero-order valence-electron chi connectivity index (χ0n) is 12.9. The second kappa shape index (κ2) is 5.33. The van der Waals surface area contributed by atoms with Gasteiger partial charge in [-0.1, -0.05) is 48.5 Å². The molecule has 0 saturated carbocycles. The first-order chi connectivity index (χ1) is 8.12. The molecule has 1 aromatic rings. The lowest BCUT2D eigenvalue weighted by Gasteiger charge is -2.18. The zero-order chi connectivity index (χ0) is 14.1. The van der Waals surface area contributed by atoms with E-state index in [-0.39, 0.29) is 11.0 Å². The number of rotatable bonds is 4. The van der Waals surface area contributed by atoms with Crippen molar-refractivity contribution in [3.05, 3.63) is 21.6 Å². The molecule has 1 heterocycles. The predicted octanol–water partition coefficient (Wildman–Crippen LogP) is 3.33. The van der Waals surface area contributed by atoms with Gasteiger partial charge in [0.2, 0.25) is 0 Å². The van der Waals surface area contributed by atoms with Gasteiger partial charge in [-0.2, -0.15) is 0 Å². The molecular weight excluding hydrogens is 224 g/mol. The molecule has 1 N–H and O–H groups in total. The Morgan fingerprint density at radius 2 is 1.67 bits per heavy atom. The Kier molecular flexibility index (Phi) is 4.46. The molecule has 0 amide bonds. The SMILES string of the molecule is CC(C)Cc1[nH]n(CC(C)C)c(=O)c1C(C)(C)C. The van der Waals surface area contributed by atoms with Crippen LogP contribution in [0.3, 0.4) is 0 Å². The first-order valence-electron chi connectivity index (χ1n) is 6.95. The van der Waals surface area contributed by atoms with Crippen LogP contribution in [0.25, 0.3) is 0 Å². The standard InChI is InChI=1S/C15H28N2O/c1-10(2)8-12-13(15(5,6)7)14(18)17(16-12)9-11(3)4/h10-11,16H,8-9H2,1-7H3. The highest BCUT2D eigenvalue weighted by molar-refractivity contribution is 5.26. The first-order valence-corrected chi connectivity index (χ1v) is 6.95. The molecule has 0 aliphatic rings. The summed E-state index contributed by atoms with van der Waals surface area (Å²) < 4.78 is 1.78. The minimum absolute atomic E-state index is 0.0972. The third kappa shape index (κ3) is 3.50. The summed E-state index contributed by atoms with van der Waals surface area (Å²) in [5.41, 5.74) is 2.13. The number of nitrogens with zero attached hydrogens (tertiary/aromatic N) is 1. The molecule has 0 aliphatic carbocycles. The van der Waals surface area contributed by atoms with Crippen molar-refractivity contribution in [3.63, 3.8) is 0 Å². The Morgan fingerprint density at radius 1 is 1.11 bits per heavy atom. The van der Waals surface area contributed by atoms with E-state index in [0.29, 0.717) is 11.8 Å². The van der Waals surface area contributed by atoms with E-state index in [1.165, 1.54) is 0 Å². The number of hydrogen-bond donors (Lipinski definition) is 1. The second-order valence-corrected chi connectivity index (χ2v) is 7.12. The summed E-state index contributed by atoms with van der Waals surface area (Å²) in [5, 5.41) is 3.32. The number of aromatic nitrogens is 2. The topological polar surface area (TPSA) is 37.8 Å². The Labute approximate surface area is 111 Å². The van der Waals surface area contributed by atoms with Crippen LogP contribution < -0.4 is 5.56 Å². The Bertz CT molecular complexity index is 444. The van der Waals surface area contributed by atoms with Crippen molar-refractivity contribution in [2.45, 2.75) is 66.8 Å². The molecule has 3 nitrogen and oxygen atoms in total. The lowest BCUT2D eigenvalue weighted by atomic mass is 9.85. The molecule has 0 spiro atoms. The lowest BCUT2D eigenvalue weighted by molar-refractivity contribution is 0.466. The molecule has 0 atom stereocenters. The fourth-order valence-corrected chi connectivity index (χ4v) is 2.36. The van der Waals surface area contributed by atoms with Crippen LogP contribution in [0, 0.1) is 11.8 Å². The van der Waals surface area contributed by atoms with Crippen molar-refractivity contribution < 1.29 is 0 Å². The average Bonchev–Trinajstić information content (AvgIpc) is 2.39. The van der Waals surface area contributed by atoms with Crippen LogP contribution >= 0.6 is 0 Å². The molecule has 0 aliphatic heterocycles. The van der Waals surface area contributed by atoms with Crippen molar-refractivity contribution in [1.82, 2.24) is 9.78 Å². The maximum atomic E-state index is 12.5. The number of H-pyrrole nitrogens is 1. The van der Waals surface area contributed by atoms with E-state index in [4.69, 9.17) is 0 Å². The summed E-state index contributed by atoms with van der Waals surface area (Å²) in [6, 6.07) is 0. The third-order valence-electron chi connectivity index (χ3n) is 2.94. The maximum absolute atomic E-state index is 12.5. The lowest BCUT2D eigenvalue weighted by Crippen LogP contribution is -2.27. The van der Waals surface area contributed by atoms with Crippen molar-refractivity contribution in [1.29, 1.82) is 0 Å². The Balaban J connectivity index is 3.28. The fourth-order valence-electron chi connectivity index (χ4n) is 2.36. The molecule has 3 heteroatoms. The molecule has 0 fully saturated rings. The van der Waals surface area contributed by atoms with E-state index >= 15 is 0 Å². The van der Waals surface area contributed by atoms with E-state index < -0.39 is 0 Å². The first kappa shape index (κ1) is 15.1. The van der Waals surface area contributed by atoms with Gasteiger partial charge in [-0.05, 0) is 23.7 Å². The quantitative estimate of drug-likeness (QED) is 0.877. The van der Waals surface area contributed by atoms with Gasteiger partial charge in [0.15, 0.2) is 0 Å². The number of aromatic amines is 1. The summed E-state index contributed by atoms with van der Waals surface area (Å²) in [4.78, 5) is 12.5. The van der Waals surface area contributed by atoms with Gasteiger partial charge < -0.3 is 0 Å². The Hall–Kier alpha value is -0.990. The highest BCUT2D eigenvalue weighted by Gasteiger charge is 2.25. The van der Waals surface area contributed by atoms with Crippen LogP contribution in [-0.4, -0.2) is 9.78 Å². The van der Waals surface area contributed by atoms with E-state index in [2.05, 4.69) is 53.6 Å². The van der Waals surface area contributed by atoms with Gasteiger partial charge in [0, 0.05) is 17.8 Å². The normalized spacial score (nSPS) is 12.7. The molecule has 1 aromatic heterocycles. The minimum Gasteiger partial charge on any atom is -0.299 e. The molecular formula is C15H28N2O. The monoisotopic (exact) mass is 252 g/mol. The molecule has 0 saturated heterocycles. The highest BCUT2D eigenvalue weighted by Crippen LogP contribution is 2.23. The van der Waals surface area contributed by atoms with E-state index in [9.17, 15) is 4.79 Å². The predicted molar refractivity (Wildman–Crippen MR) is 77.1 cm³/mol. The molecule has 1 rings (SSSR count). The van der Waals surface area contributed by atoms with Crippen molar-refractivity contribution in [3.8, 4) is 0 Å². The van der Waals surface area contributed by atoms with Crippen LogP contribution in [0.15, 0.2) is 4.79 Å². The molecule has 0 radical (unpaired) electrons. The summed E-state index contributed by atoms with van der Waals surface area (Å²) in [5.74, 6) is 1.03. The summed E-state index contributed by atoms with van der Waals surface area (Å²) in [6.07, 6.45) is 0.937. The molecule has 104 valence electrons. The highest BCUT2D eigenvalue weighted by atomic mass is 16.1. The van der Waals surface area contributed by atoms with Crippen LogP contribution in [0.5, 0.6) is 0 Å². The van der Waals surface area contributed by atoms with E-state index in [1.54, 1.807) is 4.68 Å². The van der Waals surface area contributed by atoms with E-state index in [0.717, 1.165) is 24.2 Å². The van der Waals surface area contributed by atoms with Crippen LogP contribution in [-0.2, 0) is 18.4 Å². The largest absolute Gasteiger partial charge is 0.299 e. The molecule has 0 aromatic carbocycles. The summed E-state index contributed by atoms with van der Waals surface area (Å²) in [6.45, 7) is 15.7. The van der Waals surface area contributed by atoms with Gasteiger partial charge in [-0.3, -0.25) is 14.6 Å². The van der Waals surface area contributed by atoms with Crippen molar-refractivity contribution in [2.24, 2.45) is 11.8 Å². The van der Waals surface area contributed by atoms with Gasteiger partial charge in [0.1, 0.15) is 0 Å². The average molecular weight is 252 g/mol. The van der Waals surface area contributed by atoms with Gasteiger partial charge >= 0.3 is 0 Å².